The highest BCUT2D eigenvalue weighted by Gasteiger charge is 2.17. The molecule has 0 atom stereocenters. The fraction of sp³-hybridized carbons (Fsp3) is 0. The number of aromatic nitrogens is 2. The number of aromatic amines is 1. The van der Waals surface area contributed by atoms with Gasteiger partial charge in [-0.1, -0.05) is 0 Å². The second kappa shape index (κ2) is 2.81. The molecule has 6 heteroatoms. The first kappa shape index (κ1) is 8.19. The van der Waals surface area contributed by atoms with Crippen LogP contribution in [0.3, 0.4) is 0 Å². The van der Waals surface area contributed by atoms with Gasteiger partial charge in [0.1, 0.15) is 23.5 Å². The summed E-state index contributed by atoms with van der Waals surface area (Å²) in [5, 5.41) is 19.8. The zero-order valence-corrected chi connectivity index (χ0v) is 6.89. The standard InChI is InChI=1S/C8H4N4O2/c9-3-6-5-1-2-10-8(5)11-4-7(6)12(13)14/h1-2,4H,(H,10,11). The molecule has 0 radical (unpaired) electrons. The van der Waals surface area contributed by atoms with E-state index in [1.54, 1.807) is 18.3 Å². The van der Waals surface area contributed by atoms with Gasteiger partial charge in [-0.2, -0.15) is 5.26 Å². The van der Waals surface area contributed by atoms with Crippen LogP contribution < -0.4 is 0 Å². The summed E-state index contributed by atoms with van der Waals surface area (Å²) >= 11 is 0. The smallest absolute Gasteiger partial charge is 0.305 e. The summed E-state index contributed by atoms with van der Waals surface area (Å²) in [6.07, 6.45) is 2.67. The molecule has 2 heterocycles. The Labute approximate surface area is 78.0 Å². The minimum absolute atomic E-state index is 0.0428. The van der Waals surface area contributed by atoms with Gasteiger partial charge in [0, 0.05) is 11.6 Å². The number of H-pyrrole nitrogens is 1. The molecule has 0 fully saturated rings. The monoisotopic (exact) mass is 188 g/mol. The van der Waals surface area contributed by atoms with Crippen molar-refractivity contribution in [1.82, 2.24) is 9.97 Å². The van der Waals surface area contributed by atoms with Crippen LogP contribution in [0.2, 0.25) is 0 Å². The molecule has 0 amide bonds. The fourth-order valence-electron chi connectivity index (χ4n) is 1.25. The van der Waals surface area contributed by atoms with Gasteiger partial charge in [0.05, 0.1) is 4.92 Å². The van der Waals surface area contributed by atoms with Crippen LogP contribution in [0, 0.1) is 21.4 Å². The van der Waals surface area contributed by atoms with Crippen LogP contribution in [0.1, 0.15) is 5.56 Å². The second-order valence-electron chi connectivity index (χ2n) is 2.63. The van der Waals surface area contributed by atoms with E-state index in [4.69, 9.17) is 5.26 Å². The maximum atomic E-state index is 10.6. The molecule has 0 saturated heterocycles. The zero-order chi connectivity index (χ0) is 10.1. The molecule has 1 N–H and O–H groups in total. The molecule has 0 bridgehead atoms. The number of hydrogen-bond acceptors (Lipinski definition) is 4. The Morgan fingerprint density at radius 3 is 3.07 bits per heavy atom. The van der Waals surface area contributed by atoms with Gasteiger partial charge in [-0.05, 0) is 6.07 Å². The molecule has 0 unspecified atom stereocenters. The van der Waals surface area contributed by atoms with E-state index in [9.17, 15) is 10.1 Å². The lowest BCUT2D eigenvalue weighted by atomic mass is 10.2. The lowest BCUT2D eigenvalue weighted by molar-refractivity contribution is -0.385. The first-order valence-corrected chi connectivity index (χ1v) is 3.74. The first-order valence-electron chi connectivity index (χ1n) is 3.74. The third-order valence-corrected chi connectivity index (χ3v) is 1.88. The molecule has 14 heavy (non-hydrogen) atoms. The molecular weight excluding hydrogens is 184 g/mol. The predicted octanol–water partition coefficient (Wildman–Crippen LogP) is 1.34. The molecular formula is C8H4N4O2. The Morgan fingerprint density at radius 1 is 1.64 bits per heavy atom. The Hall–Kier alpha value is -2.42. The van der Waals surface area contributed by atoms with Crippen molar-refractivity contribution >= 4 is 16.7 Å². The van der Waals surface area contributed by atoms with Crippen LogP contribution in [0.25, 0.3) is 11.0 Å². The minimum Gasteiger partial charge on any atom is -0.346 e. The van der Waals surface area contributed by atoms with Crippen LogP contribution in [-0.2, 0) is 0 Å². The van der Waals surface area contributed by atoms with E-state index in [1.807, 2.05) is 0 Å². The Balaban J connectivity index is 2.87. The van der Waals surface area contributed by atoms with Crippen molar-refractivity contribution in [2.24, 2.45) is 0 Å². The minimum atomic E-state index is -0.613. The molecule has 0 aromatic carbocycles. The third kappa shape index (κ3) is 0.998. The normalized spacial score (nSPS) is 9.93. The van der Waals surface area contributed by atoms with E-state index in [1.165, 1.54) is 0 Å². The quantitative estimate of drug-likeness (QED) is 0.539. The van der Waals surface area contributed by atoms with Crippen LogP contribution in [0.4, 0.5) is 5.69 Å². The summed E-state index contributed by atoms with van der Waals surface area (Å²) < 4.78 is 0. The molecule has 0 aliphatic heterocycles. The molecule has 2 aromatic rings. The molecule has 0 aliphatic rings. The number of nitrogens with zero attached hydrogens (tertiary/aromatic N) is 3. The summed E-state index contributed by atoms with van der Waals surface area (Å²) in [6.45, 7) is 0. The van der Waals surface area contributed by atoms with Crippen molar-refractivity contribution in [3.63, 3.8) is 0 Å². The number of nitrogens with one attached hydrogen (secondary N) is 1. The van der Waals surface area contributed by atoms with Gasteiger partial charge in [0.15, 0.2) is 0 Å². The fourth-order valence-corrected chi connectivity index (χ4v) is 1.25. The number of nitro groups is 1. The average Bonchev–Trinajstić information content (AvgIpc) is 2.63. The van der Waals surface area contributed by atoms with Gasteiger partial charge in [-0.25, -0.2) is 4.98 Å². The second-order valence-corrected chi connectivity index (χ2v) is 2.63. The van der Waals surface area contributed by atoms with Crippen molar-refractivity contribution < 1.29 is 4.92 Å². The van der Waals surface area contributed by atoms with Crippen LogP contribution in [-0.4, -0.2) is 14.9 Å². The maximum absolute atomic E-state index is 10.6. The topological polar surface area (TPSA) is 95.6 Å². The number of rotatable bonds is 1. The molecule has 6 nitrogen and oxygen atoms in total. The molecule has 0 aliphatic carbocycles. The van der Waals surface area contributed by atoms with E-state index in [-0.39, 0.29) is 11.3 Å². The van der Waals surface area contributed by atoms with Gasteiger partial charge in [-0.15, -0.1) is 0 Å². The Morgan fingerprint density at radius 2 is 2.43 bits per heavy atom. The number of hydrogen-bond donors (Lipinski definition) is 1. The number of pyridine rings is 1. The number of nitriles is 1. The highest BCUT2D eigenvalue weighted by atomic mass is 16.6. The van der Waals surface area contributed by atoms with E-state index in [0.717, 1.165) is 6.20 Å². The molecule has 0 saturated carbocycles. The number of fused-ring (bicyclic) bond motifs is 1. The van der Waals surface area contributed by atoms with E-state index < -0.39 is 4.92 Å². The largest absolute Gasteiger partial charge is 0.346 e. The van der Waals surface area contributed by atoms with Gasteiger partial charge in [0.25, 0.3) is 0 Å². The van der Waals surface area contributed by atoms with Crippen molar-refractivity contribution in [3.05, 3.63) is 34.1 Å². The first-order chi connectivity index (χ1) is 6.74. The summed E-state index contributed by atoms with van der Waals surface area (Å²) in [4.78, 5) is 16.5. The van der Waals surface area contributed by atoms with Crippen LogP contribution in [0.5, 0.6) is 0 Å². The predicted molar refractivity (Wildman–Crippen MR) is 47.5 cm³/mol. The maximum Gasteiger partial charge on any atom is 0.305 e. The van der Waals surface area contributed by atoms with Gasteiger partial charge in [0.2, 0.25) is 0 Å². The van der Waals surface area contributed by atoms with E-state index >= 15 is 0 Å². The summed E-state index contributed by atoms with van der Waals surface area (Å²) in [5.41, 5.74) is 0.257. The highest BCUT2D eigenvalue weighted by molar-refractivity contribution is 5.85. The molecule has 2 aromatic heterocycles. The summed E-state index contributed by atoms with van der Waals surface area (Å²) in [6, 6.07) is 3.40. The van der Waals surface area contributed by atoms with Crippen molar-refractivity contribution in [1.29, 1.82) is 5.26 Å². The van der Waals surface area contributed by atoms with Crippen LogP contribution in [0.15, 0.2) is 18.5 Å². The lowest BCUT2D eigenvalue weighted by Gasteiger charge is -1.94. The van der Waals surface area contributed by atoms with Crippen LogP contribution >= 0.6 is 0 Å². The third-order valence-electron chi connectivity index (χ3n) is 1.88. The van der Waals surface area contributed by atoms with Gasteiger partial charge >= 0.3 is 5.69 Å². The molecule has 68 valence electrons. The Kier molecular flexibility index (Phi) is 1.65. The Bertz CT molecular complexity index is 552. The summed E-state index contributed by atoms with van der Waals surface area (Å²) in [7, 11) is 0. The van der Waals surface area contributed by atoms with Gasteiger partial charge < -0.3 is 4.98 Å². The molecule has 0 spiro atoms. The summed E-state index contributed by atoms with van der Waals surface area (Å²) in [5.74, 6) is 0. The zero-order valence-electron chi connectivity index (χ0n) is 6.89. The average molecular weight is 188 g/mol. The van der Waals surface area contributed by atoms with E-state index in [0.29, 0.717) is 11.0 Å². The van der Waals surface area contributed by atoms with Crippen molar-refractivity contribution in [2.45, 2.75) is 0 Å². The lowest BCUT2D eigenvalue weighted by Crippen LogP contribution is -1.94. The van der Waals surface area contributed by atoms with Crippen molar-refractivity contribution in [2.75, 3.05) is 0 Å². The van der Waals surface area contributed by atoms with Gasteiger partial charge in [-0.3, -0.25) is 10.1 Å². The van der Waals surface area contributed by atoms with E-state index in [2.05, 4.69) is 9.97 Å². The molecule has 2 rings (SSSR count). The highest BCUT2D eigenvalue weighted by Crippen LogP contribution is 2.23. The van der Waals surface area contributed by atoms with Crippen molar-refractivity contribution in [3.8, 4) is 6.07 Å². The SMILES string of the molecule is N#Cc1c([N+](=O)[O-])cnc2[nH]ccc12.